The lowest BCUT2D eigenvalue weighted by Gasteiger charge is -2.23. The second kappa shape index (κ2) is 9.71. The minimum Gasteiger partial charge on any atom is -0.465 e. The van der Waals surface area contributed by atoms with Crippen LogP contribution in [0.1, 0.15) is 36.7 Å². The summed E-state index contributed by atoms with van der Waals surface area (Å²) in [5.74, 6) is 0. The number of carbonyl (C=O) groups is 2. The van der Waals surface area contributed by atoms with Crippen LogP contribution in [0.5, 0.6) is 0 Å². The SMILES string of the molecule is CC(C)(C)c1cccc(-c2ccc(Cl)cc2)c1C=O.O=C(O)N1CCNCC1. The van der Waals surface area contributed by atoms with Gasteiger partial charge in [0.15, 0.2) is 6.29 Å². The van der Waals surface area contributed by atoms with Gasteiger partial charge in [-0.05, 0) is 34.2 Å². The van der Waals surface area contributed by atoms with Crippen LogP contribution in [0.4, 0.5) is 4.79 Å². The quantitative estimate of drug-likeness (QED) is 0.715. The number of carboxylic acid groups (broad SMARTS) is 1. The number of hydrogen-bond donors (Lipinski definition) is 2. The van der Waals surface area contributed by atoms with E-state index in [1.54, 1.807) is 0 Å². The number of halogens is 1. The van der Waals surface area contributed by atoms with Gasteiger partial charge in [-0.2, -0.15) is 0 Å². The van der Waals surface area contributed by atoms with Crippen LogP contribution >= 0.6 is 11.6 Å². The molecule has 1 saturated heterocycles. The second-order valence-electron chi connectivity index (χ2n) is 7.66. The molecule has 0 atom stereocenters. The van der Waals surface area contributed by atoms with Crippen molar-refractivity contribution in [2.45, 2.75) is 26.2 Å². The maximum atomic E-state index is 11.5. The van der Waals surface area contributed by atoms with E-state index in [0.29, 0.717) is 18.1 Å². The number of piperazine rings is 1. The lowest BCUT2D eigenvalue weighted by molar-refractivity contribution is 0.112. The third-order valence-corrected chi connectivity index (χ3v) is 4.83. The molecule has 1 amide bonds. The number of benzene rings is 2. The number of nitrogens with one attached hydrogen (secondary N) is 1. The third kappa shape index (κ3) is 5.81. The Labute approximate surface area is 171 Å². The molecule has 2 aromatic carbocycles. The summed E-state index contributed by atoms with van der Waals surface area (Å²) in [4.78, 5) is 23.2. The summed E-state index contributed by atoms with van der Waals surface area (Å²) in [5, 5.41) is 12.2. The molecule has 150 valence electrons. The monoisotopic (exact) mass is 402 g/mol. The van der Waals surface area contributed by atoms with E-state index in [2.05, 4.69) is 26.1 Å². The van der Waals surface area contributed by atoms with E-state index in [1.165, 1.54) is 4.90 Å². The van der Waals surface area contributed by atoms with Gasteiger partial charge in [0, 0.05) is 36.8 Å². The Morgan fingerprint density at radius 3 is 2.18 bits per heavy atom. The maximum absolute atomic E-state index is 11.5. The summed E-state index contributed by atoms with van der Waals surface area (Å²) in [5.41, 5.74) is 3.74. The molecule has 0 bridgehead atoms. The molecular weight excluding hydrogens is 376 g/mol. The first-order valence-corrected chi connectivity index (χ1v) is 9.65. The molecule has 0 radical (unpaired) electrons. The third-order valence-electron chi connectivity index (χ3n) is 4.57. The number of amides is 1. The van der Waals surface area contributed by atoms with Crippen molar-refractivity contribution in [3.05, 3.63) is 58.6 Å². The molecule has 2 N–H and O–H groups in total. The standard InChI is InChI=1S/C17H17ClO.C5H10N2O2/c1-17(2,3)16-6-4-5-14(15(16)11-19)12-7-9-13(18)10-8-12;8-5(9)7-3-1-6-2-4-7/h4-11H,1-3H3;6H,1-4H2,(H,8,9). The molecule has 6 heteroatoms. The van der Waals surface area contributed by atoms with Crippen molar-refractivity contribution in [3.8, 4) is 11.1 Å². The Hall–Kier alpha value is -2.37. The van der Waals surface area contributed by atoms with Crippen LogP contribution in [0.25, 0.3) is 11.1 Å². The highest BCUT2D eigenvalue weighted by Gasteiger charge is 2.20. The van der Waals surface area contributed by atoms with Crippen molar-refractivity contribution in [2.24, 2.45) is 0 Å². The number of rotatable bonds is 2. The molecule has 5 nitrogen and oxygen atoms in total. The first kappa shape index (κ1) is 21.9. The van der Waals surface area contributed by atoms with Gasteiger partial charge in [0.1, 0.15) is 0 Å². The summed E-state index contributed by atoms with van der Waals surface area (Å²) < 4.78 is 0. The molecule has 28 heavy (non-hydrogen) atoms. The van der Waals surface area contributed by atoms with Crippen LogP contribution in [-0.4, -0.2) is 48.6 Å². The van der Waals surface area contributed by atoms with Gasteiger partial charge in [0.25, 0.3) is 0 Å². The van der Waals surface area contributed by atoms with Crippen LogP contribution < -0.4 is 5.32 Å². The largest absolute Gasteiger partial charge is 0.465 e. The van der Waals surface area contributed by atoms with Crippen LogP contribution in [-0.2, 0) is 5.41 Å². The van der Waals surface area contributed by atoms with Crippen LogP contribution in [0.2, 0.25) is 5.02 Å². The average molecular weight is 403 g/mol. The number of nitrogens with zero attached hydrogens (tertiary/aromatic N) is 1. The molecule has 0 spiro atoms. The van der Waals surface area contributed by atoms with Crippen molar-refractivity contribution in [1.82, 2.24) is 10.2 Å². The van der Waals surface area contributed by atoms with Gasteiger partial charge in [0.05, 0.1) is 0 Å². The Bertz CT molecular complexity index is 808. The van der Waals surface area contributed by atoms with Gasteiger partial charge in [-0.3, -0.25) is 4.79 Å². The van der Waals surface area contributed by atoms with Crippen molar-refractivity contribution >= 4 is 24.0 Å². The number of hydrogen-bond acceptors (Lipinski definition) is 3. The van der Waals surface area contributed by atoms with E-state index in [4.69, 9.17) is 16.7 Å². The van der Waals surface area contributed by atoms with Crippen LogP contribution in [0, 0.1) is 0 Å². The van der Waals surface area contributed by atoms with Gasteiger partial charge in [-0.1, -0.05) is 62.7 Å². The van der Waals surface area contributed by atoms with E-state index < -0.39 is 6.09 Å². The molecule has 1 fully saturated rings. The van der Waals surface area contributed by atoms with Crippen molar-refractivity contribution in [1.29, 1.82) is 0 Å². The molecule has 1 heterocycles. The van der Waals surface area contributed by atoms with E-state index in [-0.39, 0.29) is 5.41 Å². The number of aldehydes is 1. The zero-order valence-corrected chi connectivity index (χ0v) is 17.3. The summed E-state index contributed by atoms with van der Waals surface area (Å²) in [7, 11) is 0. The highest BCUT2D eigenvalue weighted by atomic mass is 35.5. The zero-order chi connectivity index (χ0) is 20.7. The molecule has 0 unspecified atom stereocenters. The van der Waals surface area contributed by atoms with Gasteiger partial charge >= 0.3 is 6.09 Å². The van der Waals surface area contributed by atoms with Crippen molar-refractivity contribution < 1.29 is 14.7 Å². The Balaban J connectivity index is 0.000000261. The second-order valence-corrected chi connectivity index (χ2v) is 8.10. The lowest BCUT2D eigenvalue weighted by Crippen LogP contribution is -2.45. The lowest BCUT2D eigenvalue weighted by atomic mass is 9.81. The van der Waals surface area contributed by atoms with E-state index in [0.717, 1.165) is 41.6 Å². The van der Waals surface area contributed by atoms with Gasteiger partial charge in [-0.25, -0.2) is 4.79 Å². The summed E-state index contributed by atoms with van der Waals surface area (Å²) in [6, 6.07) is 13.6. The molecule has 0 saturated carbocycles. The van der Waals surface area contributed by atoms with Crippen molar-refractivity contribution in [2.75, 3.05) is 26.2 Å². The van der Waals surface area contributed by atoms with Crippen molar-refractivity contribution in [3.63, 3.8) is 0 Å². The fourth-order valence-corrected chi connectivity index (χ4v) is 3.21. The van der Waals surface area contributed by atoms with Crippen LogP contribution in [0.3, 0.4) is 0 Å². The normalized spacial score (nSPS) is 14.1. The predicted molar refractivity (Wildman–Crippen MR) is 113 cm³/mol. The average Bonchev–Trinajstić information content (AvgIpc) is 2.68. The smallest absolute Gasteiger partial charge is 0.407 e. The Morgan fingerprint density at radius 2 is 1.71 bits per heavy atom. The summed E-state index contributed by atoms with van der Waals surface area (Å²) >= 11 is 5.91. The Kier molecular flexibility index (Phi) is 7.61. The van der Waals surface area contributed by atoms with Crippen LogP contribution in [0.15, 0.2) is 42.5 Å². The van der Waals surface area contributed by atoms with E-state index in [1.807, 2.05) is 42.5 Å². The fraction of sp³-hybridized carbons (Fsp3) is 0.364. The molecule has 0 aromatic heterocycles. The molecule has 1 aliphatic heterocycles. The predicted octanol–water partition coefficient (Wildman–Crippen LogP) is 4.69. The highest BCUT2D eigenvalue weighted by Crippen LogP contribution is 2.32. The van der Waals surface area contributed by atoms with Gasteiger partial charge in [0.2, 0.25) is 0 Å². The Morgan fingerprint density at radius 1 is 1.11 bits per heavy atom. The minimum absolute atomic E-state index is 0.0569. The first-order valence-electron chi connectivity index (χ1n) is 9.27. The highest BCUT2D eigenvalue weighted by molar-refractivity contribution is 6.30. The zero-order valence-electron chi connectivity index (χ0n) is 16.5. The molecule has 2 aromatic rings. The van der Waals surface area contributed by atoms with E-state index >= 15 is 0 Å². The minimum atomic E-state index is -0.809. The molecule has 3 rings (SSSR count). The molecule has 1 aliphatic rings. The summed E-state index contributed by atoms with van der Waals surface area (Å²) in [6.45, 7) is 9.15. The number of carbonyl (C=O) groups excluding carboxylic acids is 1. The van der Waals surface area contributed by atoms with Gasteiger partial charge < -0.3 is 15.3 Å². The fourth-order valence-electron chi connectivity index (χ4n) is 3.08. The van der Waals surface area contributed by atoms with Gasteiger partial charge in [-0.15, -0.1) is 0 Å². The molecule has 0 aliphatic carbocycles. The molecular formula is C22H27ClN2O3. The van der Waals surface area contributed by atoms with E-state index in [9.17, 15) is 9.59 Å². The topological polar surface area (TPSA) is 69.6 Å². The first-order chi connectivity index (χ1) is 13.2. The summed E-state index contributed by atoms with van der Waals surface area (Å²) in [6.07, 6.45) is 0.140. The maximum Gasteiger partial charge on any atom is 0.407 e.